The number of hydrogen-bond acceptors (Lipinski definition) is 5. The van der Waals surface area contributed by atoms with Crippen LogP contribution in [-0.4, -0.2) is 37.2 Å². The monoisotopic (exact) mass is 281 g/mol. The average Bonchev–Trinajstić information content (AvgIpc) is 2.75. The molecule has 0 aliphatic carbocycles. The molecule has 0 fully saturated rings. The van der Waals surface area contributed by atoms with Gasteiger partial charge in [-0.15, -0.1) is 17.8 Å². The zero-order valence-electron chi connectivity index (χ0n) is 10.8. The third-order valence-electron chi connectivity index (χ3n) is 2.41. The van der Waals surface area contributed by atoms with E-state index in [1.54, 1.807) is 11.0 Å². The summed E-state index contributed by atoms with van der Waals surface area (Å²) < 4.78 is 4.72. The number of methoxy groups -OCH3 is 1. The predicted octanol–water partition coefficient (Wildman–Crippen LogP) is 1.76. The van der Waals surface area contributed by atoms with Crippen LogP contribution in [0, 0.1) is 19.3 Å². The van der Waals surface area contributed by atoms with E-state index in [9.17, 15) is 9.59 Å². The molecule has 5 nitrogen and oxygen atoms in total. The Hall–Kier alpha value is -2.00. The Morgan fingerprint density at radius 1 is 1.58 bits per heavy atom. The second kappa shape index (κ2) is 6.81. The standard InChI is InChI=1S/C13H15NO4S/c1-4-6-14(7-5-11(15)16)12-10(13(17)18-3)8-9(2)19-12/h1,8H,5-7H2,2-3H3,(H,15,16). The van der Waals surface area contributed by atoms with E-state index < -0.39 is 11.9 Å². The van der Waals surface area contributed by atoms with Crippen LogP contribution < -0.4 is 4.90 Å². The van der Waals surface area contributed by atoms with E-state index >= 15 is 0 Å². The number of ether oxygens (including phenoxy) is 1. The van der Waals surface area contributed by atoms with Gasteiger partial charge in [0.25, 0.3) is 0 Å². The molecule has 1 N–H and O–H groups in total. The van der Waals surface area contributed by atoms with Gasteiger partial charge in [0, 0.05) is 11.4 Å². The number of thiophene rings is 1. The molecule has 0 amide bonds. The SMILES string of the molecule is C#CCN(CCC(=O)O)c1sc(C)cc1C(=O)OC. The van der Waals surface area contributed by atoms with Gasteiger partial charge < -0.3 is 14.7 Å². The fourth-order valence-electron chi connectivity index (χ4n) is 1.59. The molecule has 0 bridgehead atoms. The maximum absolute atomic E-state index is 11.7. The highest BCUT2D eigenvalue weighted by molar-refractivity contribution is 7.16. The molecular formula is C13H15NO4S. The van der Waals surface area contributed by atoms with E-state index in [4.69, 9.17) is 16.3 Å². The first kappa shape index (κ1) is 15.1. The van der Waals surface area contributed by atoms with Gasteiger partial charge in [0.15, 0.2) is 0 Å². The van der Waals surface area contributed by atoms with Gasteiger partial charge in [-0.05, 0) is 13.0 Å². The van der Waals surface area contributed by atoms with Crippen molar-refractivity contribution in [3.63, 3.8) is 0 Å². The van der Waals surface area contributed by atoms with Crippen molar-refractivity contribution < 1.29 is 19.4 Å². The second-order valence-electron chi connectivity index (χ2n) is 3.84. The van der Waals surface area contributed by atoms with Crippen molar-refractivity contribution >= 4 is 28.3 Å². The largest absolute Gasteiger partial charge is 0.481 e. The van der Waals surface area contributed by atoms with Gasteiger partial charge >= 0.3 is 11.9 Å². The third-order valence-corrected chi connectivity index (χ3v) is 3.52. The molecular weight excluding hydrogens is 266 g/mol. The van der Waals surface area contributed by atoms with E-state index in [2.05, 4.69) is 5.92 Å². The number of nitrogens with zero attached hydrogens (tertiary/aromatic N) is 1. The third kappa shape index (κ3) is 4.00. The summed E-state index contributed by atoms with van der Waals surface area (Å²) >= 11 is 1.39. The number of aryl methyl sites for hydroxylation is 1. The molecule has 0 saturated carbocycles. The summed E-state index contributed by atoms with van der Waals surface area (Å²) in [4.78, 5) is 25.0. The smallest absolute Gasteiger partial charge is 0.340 e. The van der Waals surface area contributed by atoms with Crippen LogP contribution in [0.4, 0.5) is 5.00 Å². The Bertz CT molecular complexity index is 515. The number of esters is 1. The molecule has 19 heavy (non-hydrogen) atoms. The number of carbonyl (C=O) groups is 2. The molecule has 0 aromatic carbocycles. The number of aliphatic carboxylic acids is 1. The minimum Gasteiger partial charge on any atom is -0.481 e. The van der Waals surface area contributed by atoms with Crippen LogP contribution in [0.5, 0.6) is 0 Å². The Morgan fingerprint density at radius 2 is 2.26 bits per heavy atom. The molecule has 1 rings (SSSR count). The molecule has 102 valence electrons. The quantitative estimate of drug-likeness (QED) is 0.635. The van der Waals surface area contributed by atoms with Crippen LogP contribution in [0.2, 0.25) is 0 Å². The molecule has 6 heteroatoms. The first-order chi connectivity index (χ1) is 8.99. The summed E-state index contributed by atoms with van der Waals surface area (Å²) in [6.45, 7) is 2.37. The normalized spacial score (nSPS) is 9.74. The molecule has 0 unspecified atom stereocenters. The Morgan fingerprint density at radius 3 is 2.79 bits per heavy atom. The molecule has 0 saturated heterocycles. The van der Waals surface area contributed by atoms with E-state index in [0.29, 0.717) is 10.6 Å². The highest BCUT2D eigenvalue weighted by Crippen LogP contribution is 2.31. The van der Waals surface area contributed by atoms with Crippen LogP contribution in [0.15, 0.2) is 6.07 Å². The van der Waals surface area contributed by atoms with Crippen LogP contribution in [0.3, 0.4) is 0 Å². The van der Waals surface area contributed by atoms with Gasteiger partial charge in [-0.2, -0.15) is 0 Å². The topological polar surface area (TPSA) is 66.8 Å². The number of rotatable bonds is 6. The molecule has 0 radical (unpaired) electrons. The number of carboxylic acids is 1. The highest BCUT2D eigenvalue weighted by Gasteiger charge is 2.20. The molecule has 1 aromatic heterocycles. The average molecular weight is 281 g/mol. The van der Waals surface area contributed by atoms with Gasteiger partial charge in [0.05, 0.1) is 25.6 Å². The first-order valence-corrected chi connectivity index (χ1v) is 6.40. The number of terminal acetylenes is 1. The van der Waals surface area contributed by atoms with E-state index in [1.807, 2.05) is 6.92 Å². The zero-order chi connectivity index (χ0) is 14.4. The van der Waals surface area contributed by atoms with E-state index in [1.165, 1.54) is 18.4 Å². The lowest BCUT2D eigenvalue weighted by atomic mass is 10.2. The number of anilines is 1. The lowest BCUT2D eigenvalue weighted by Gasteiger charge is -2.20. The summed E-state index contributed by atoms with van der Waals surface area (Å²) in [6.07, 6.45) is 5.25. The van der Waals surface area contributed by atoms with Crippen molar-refractivity contribution in [2.24, 2.45) is 0 Å². The van der Waals surface area contributed by atoms with Crippen molar-refractivity contribution in [1.82, 2.24) is 0 Å². The van der Waals surface area contributed by atoms with Crippen molar-refractivity contribution in [3.05, 3.63) is 16.5 Å². The van der Waals surface area contributed by atoms with Crippen molar-refractivity contribution in [3.8, 4) is 12.3 Å². The van der Waals surface area contributed by atoms with Gasteiger partial charge in [-0.3, -0.25) is 4.79 Å². The molecule has 1 aromatic rings. The maximum Gasteiger partial charge on any atom is 0.340 e. The molecule has 0 atom stereocenters. The number of carbonyl (C=O) groups excluding carboxylic acids is 1. The Balaban J connectivity index is 3.04. The van der Waals surface area contributed by atoms with Crippen molar-refractivity contribution in [2.75, 3.05) is 25.1 Å². The van der Waals surface area contributed by atoms with Crippen LogP contribution in [-0.2, 0) is 9.53 Å². The van der Waals surface area contributed by atoms with Gasteiger partial charge in [0.1, 0.15) is 5.00 Å². The number of hydrogen-bond donors (Lipinski definition) is 1. The van der Waals surface area contributed by atoms with Crippen molar-refractivity contribution in [2.45, 2.75) is 13.3 Å². The lowest BCUT2D eigenvalue weighted by molar-refractivity contribution is -0.136. The van der Waals surface area contributed by atoms with E-state index in [-0.39, 0.29) is 19.5 Å². The fourth-order valence-corrected chi connectivity index (χ4v) is 2.61. The fraction of sp³-hybridized carbons (Fsp3) is 0.385. The predicted molar refractivity (Wildman–Crippen MR) is 73.7 cm³/mol. The first-order valence-electron chi connectivity index (χ1n) is 5.58. The van der Waals surface area contributed by atoms with E-state index in [0.717, 1.165) is 4.88 Å². The summed E-state index contributed by atoms with van der Waals surface area (Å²) in [6, 6.07) is 1.72. The van der Waals surface area contributed by atoms with Gasteiger partial charge in [0.2, 0.25) is 0 Å². The van der Waals surface area contributed by atoms with Gasteiger partial charge in [-0.1, -0.05) is 5.92 Å². The summed E-state index contributed by atoms with van der Waals surface area (Å²) in [5.41, 5.74) is 0.422. The number of carboxylic acid groups (broad SMARTS) is 1. The highest BCUT2D eigenvalue weighted by atomic mass is 32.1. The van der Waals surface area contributed by atoms with Gasteiger partial charge in [-0.25, -0.2) is 4.79 Å². The summed E-state index contributed by atoms with van der Waals surface area (Å²) in [7, 11) is 1.31. The van der Waals surface area contributed by atoms with Crippen LogP contribution >= 0.6 is 11.3 Å². The molecule has 0 spiro atoms. The van der Waals surface area contributed by atoms with Crippen LogP contribution in [0.25, 0.3) is 0 Å². The van der Waals surface area contributed by atoms with Crippen molar-refractivity contribution in [1.29, 1.82) is 0 Å². The summed E-state index contributed by atoms with van der Waals surface area (Å²) in [5, 5.41) is 9.40. The molecule has 1 heterocycles. The zero-order valence-corrected chi connectivity index (χ0v) is 11.6. The minimum absolute atomic E-state index is 0.0424. The minimum atomic E-state index is -0.907. The second-order valence-corrected chi connectivity index (χ2v) is 5.07. The maximum atomic E-state index is 11.7. The molecule has 0 aliphatic heterocycles. The Kier molecular flexibility index (Phi) is 5.39. The lowest BCUT2D eigenvalue weighted by Crippen LogP contribution is -2.27. The molecule has 0 aliphatic rings. The Labute approximate surface area is 115 Å². The summed E-state index contributed by atoms with van der Waals surface area (Å²) in [5.74, 6) is 1.12. The van der Waals surface area contributed by atoms with Crippen LogP contribution in [0.1, 0.15) is 21.7 Å².